The average Bonchev–Trinajstić information content (AvgIpc) is 3.22. The number of aryl methyl sites for hydroxylation is 1. The highest BCUT2D eigenvalue weighted by molar-refractivity contribution is 5.82. The van der Waals surface area contributed by atoms with E-state index in [0.717, 1.165) is 45.2 Å². The lowest BCUT2D eigenvalue weighted by Crippen LogP contribution is -2.25. The van der Waals surface area contributed by atoms with Crippen LogP contribution in [0.1, 0.15) is 48.0 Å². The number of anilines is 2. The van der Waals surface area contributed by atoms with E-state index >= 15 is 0 Å². The zero-order valence-corrected chi connectivity index (χ0v) is 22.8. The van der Waals surface area contributed by atoms with Crippen LogP contribution in [0.15, 0.2) is 55.0 Å². The second-order valence-corrected chi connectivity index (χ2v) is 11.2. The molecule has 196 valence electrons. The fourth-order valence-electron chi connectivity index (χ4n) is 4.03. The second kappa shape index (κ2) is 10.4. The van der Waals surface area contributed by atoms with E-state index in [2.05, 4.69) is 15.0 Å². The lowest BCUT2D eigenvalue weighted by molar-refractivity contribution is 0.121. The number of benzene rings is 2. The smallest absolute Gasteiger partial charge is 0.125 e. The van der Waals surface area contributed by atoms with Gasteiger partial charge in [0, 0.05) is 61.5 Å². The van der Waals surface area contributed by atoms with Gasteiger partial charge in [0.1, 0.15) is 22.7 Å². The van der Waals surface area contributed by atoms with Crippen LogP contribution < -0.4 is 14.4 Å². The Bertz CT molecular complexity index is 1330. The summed E-state index contributed by atoms with van der Waals surface area (Å²) in [5, 5.41) is 13.9. The molecule has 8 heteroatoms. The van der Waals surface area contributed by atoms with Crippen molar-refractivity contribution in [3.05, 3.63) is 55.0 Å². The molecule has 0 saturated heterocycles. The third kappa shape index (κ3) is 6.98. The number of fused-ring (bicyclic) bond motifs is 1. The lowest BCUT2D eigenvalue weighted by Gasteiger charge is -2.29. The third-order valence-corrected chi connectivity index (χ3v) is 5.40. The predicted molar refractivity (Wildman–Crippen MR) is 148 cm³/mol. The van der Waals surface area contributed by atoms with Crippen LogP contribution in [0.5, 0.6) is 11.5 Å². The monoisotopic (exact) mass is 503 g/mol. The molecule has 0 amide bonds. The van der Waals surface area contributed by atoms with E-state index in [1.807, 2.05) is 91.2 Å². The summed E-state index contributed by atoms with van der Waals surface area (Å²) in [6, 6.07) is 12.0. The predicted octanol–water partition coefficient (Wildman–Crippen LogP) is 5.91. The highest BCUT2D eigenvalue weighted by Crippen LogP contribution is 2.36. The number of ether oxygens (including phenoxy) is 2. The topological polar surface area (TPSA) is 85.5 Å². The molecular formula is C29H37N5O3. The molecule has 0 saturated carbocycles. The van der Waals surface area contributed by atoms with Gasteiger partial charge in [0.05, 0.1) is 29.1 Å². The van der Waals surface area contributed by atoms with E-state index < -0.39 is 0 Å². The van der Waals surface area contributed by atoms with E-state index in [1.165, 1.54) is 0 Å². The largest absolute Gasteiger partial charge is 0.488 e. The van der Waals surface area contributed by atoms with Crippen molar-refractivity contribution in [2.45, 2.75) is 59.2 Å². The Morgan fingerprint density at radius 2 is 1.54 bits per heavy atom. The quantitative estimate of drug-likeness (QED) is 0.320. The Balaban J connectivity index is 1.79. The molecule has 0 aliphatic rings. The van der Waals surface area contributed by atoms with E-state index in [1.54, 1.807) is 17.1 Å². The first-order valence-electron chi connectivity index (χ1n) is 12.6. The average molecular weight is 504 g/mol. The van der Waals surface area contributed by atoms with Crippen molar-refractivity contribution in [1.82, 2.24) is 19.7 Å². The van der Waals surface area contributed by atoms with Crippen LogP contribution in [0.25, 0.3) is 22.3 Å². The zero-order valence-electron chi connectivity index (χ0n) is 22.8. The maximum atomic E-state index is 9.65. The standard InChI is InChI=1S/C29H37N5O3/c1-28(2,3)36-23-13-22(14-24(16-23)37-29(4,5)6)34(11-8-12-35)21-9-10-25-26(15-21)32-27(18-30-25)20-17-31-33(7)19-20/h9-10,13-19,35H,8,11-12H2,1-7H3. The van der Waals surface area contributed by atoms with Crippen molar-refractivity contribution in [3.8, 4) is 22.8 Å². The first kappa shape index (κ1) is 26.4. The van der Waals surface area contributed by atoms with Crippen molar-refractivity contribution in [2.24, 2.45) is 7.05 Å². The molecule has 4 aromatic rings. The van der Waals surface area contributed by atoms with Crippen molar-refractivity contribution in [3.63, 3.8) is 0 Å². The number of aromatic nitrogens is 4. The number of aliphatic hydroxyl groups excluding tert-OH is 1. The van der Waals surface area contributed by atoms with Crippen molar-refractivity contribution in [1.29, 1.82) is 0 Å². The summed E-state index contributed by atoms with van der Waals surface area (Å²) in [5.74, 6) is 1.44. The summed E-state index contributed by atoms with van der Waals surface area (Å²) in [5.41, 5.74) is 4.37. The maximum Gasteiger partial charge on any atom is 0.125 e. The first-order valence-corrected chi connectivity index (χ1v) is 12.6. The highest BCUT2D eigenvalue weighted by Gasteiger charge is 2.20. The van der Waals surface area contributed by atoms with Crippen LogP contribution >= 0.6 is 0 Å². The Morgan fingerprint density at radius 1 is 0.865 bits per heavy atom. The van der Waals surface area contributed by atoms with Gasteiger partial charge in [-0.1, -0.05) is 0 Å². The molecule has 0 aliphatic heterocycles. The normalized spacial score (nSPS) is 12.1. The van der Waals surface area contributed by atoms with Gasteiger partial charge < -0.3 is 19.5 Å². The molecule has 0 unspecified atom stereocenters. The number of aliphatic hydroxyl groups is 1. The van der Waals surface area contributed by atoms with Crippen molar-refractivity contribution < 1.29 is 14.6 Å². The molecule has 0 aliphatic carbocycles. The van der Waals surface area contributed by atoms with Crippen LogP contribution in [0, 0.1) is 0 Å². The van der Waals surface area contributed by atoms with E-state index in [9.17, 15) is 5.11 Å². The van der Waals surface area contributed by atoms with Gasteiger partial charge in [-0.3, -0.25) is 9.67 Å². The Morgan fingerprint density at radius 3 is 2.11 bits per heavy atom. The molecular weight excluding hydrogens is 466 g/mol. The second-order valence-electron chi connectivity index (χ2n) is 11.2. The molecule has 1 N–H and O–H groups in total. The summed E-state index contributed by atoms with van der Waals surface area (Å²) in [6.45, 7) is 12.8. The SMILES string of the molecule is Cn1cc(-c2cnc3ccc(N(CCCO)c4cc(OC(C)(C)C)cc(OC(C)(C)C)c4)cc3n2)cn1. The number of hydrogen-bond acceptors (Lipinski definition) is 7. The van der Waals surface area contributed by atoms with Crippen LogP contribution in [-0.4, -0.2) is 49.2 Å². The summed E-state index contributed by atoms with van der Waals surface area (Å²) < 4.78 is 14.2. The summed E-state index contributed by atoms with van der Waals surface area (Å²) in [7, 11) is 1.88. The van der Waals surface area contributed by atoms with Crippen LogP contribution in [0.3, 0.4) is 0 Å². The number of nitrogens with zero attached hydrogens (tertiary/aromatic N) is 5. The molecule has 8 nitrogen and oxygen atoms in total. The molecule has 0 spiro atoms. The summed E-state index contributed by atoms with van der Waals surface area (Å²) >= 11 is 0. The van der Waals surface area contributed by atoms with Gasteiger partial charge in [0.15, 0.2) is 0 Å². The first-order chi connectivity index (χ1) is 17.4. The van der Waals surface area contributed by atoms with Crippen molar-refractivity contribution in [2.75, 3.05) is 18.1 Å². The Hall–Kier alpha value is -3.65. The van der Waals surface area contributed by atoms with Gasteiger partial charge in [-0.25, -0.2) is 4.98 Å². The molecule has 0 radical (unpaired) electrons. The van der Waals surface area contributed by atoms with Gasteiger partial charge in [0.25, 0.3) is 0 Å². The zero-order chi connectivity index (χ0) is 26.8. The fourth-order valence-corrected chi connectivity index (χ4v) is 4.03. The number of hydrogen-bond donors (Lipinski definition) is 1. The van der Waals surface area contributed by atoms with Gasteiger partial charge in [-0.15, -0.1) is 0 Å². The highest BCUT2D eigenvalue weighted by atomic mass is 16.5. The Labute approximate surface area is 218 Å². The van der Waals surface area contributed by atoms with E-state index in [0.29, 0.717) is 13.0 Å². The van der Waals surface area contributed by atoms with Crippen LogP contribution in [-0.2, 0) is 7.05 Å². The summed E-state index contributed by atoms with van der Waals surface area (Å²) in [6.07, 6.45) is 6.07. The van der Waals surface area contributed by atoms with Gasteiger partial charge in [-0.2, -0.15) is 5.10 Å². The minimum Gasteiger partial charge on any atom is -0.488 e. The van der Waals surface area contributed by atoms with Gasteiger partial charge in [0.2, 0.25) is 0 Å². The molecule has 2 aromatic carbocycles. The summed E-state index contributed by atoms with van der Waals surface area (Å²) in [4.78, 5) is 11.6. The molecule has 0 fully saturated rings. The lowest BCUT2D eigenvalue weighted by atomic mass is 10.1. The fraction of sp³-hybridized carbons (Fsp3) is 0.414. The molecule has 2 aromatic heterocycles. The minimum absolute atomic E-state index is 0.0819. The molecule has 0 atom stereocenters. The molecule has 4 rings (SSSR count). The van der Waals surface area contributed by atoms with E-state index in [-0.39, 0.29) is 17.8 Å². The third-order valence-electron chi connectivity index (χ3n) is 5.40. The Kier molecular flexibility index (Phi) is 7.41. The van der Waals surface area contributed by atoms with E-state index in [4.69, 9.17) is 14.5 Å². The van der Waals surface area contributed by atoms with Crippen LogP contribution in [0.2, 0.25) is 0 Å². The number of rotatable bonds is 8. The van der Waals surface area contributed by atoms with Gasteiger partial charge in [-0.05, 0) is 66.2 Å². The maximum absolute atomic E-state index is 9.65. The van der Waals surface area contributed by atoms with Gasteiger partial charge >= 0.3 is 0 Å². The molecule has 2 heterocycles. The molecule has 0 bridgehead atoms. The van der Waals surface area contributed by atoms with Crippen LogP contribution in [0.4, 0.5) is 11.4 Å². The molecule has 37 heavy (non-hydrogen) atoms. The minimum atomic E-state index is -0.366. The van der Waals surface area contributed by atoms with Crippen molar-refractivity contribution >= 4 is 22.4 Å².